The van der Waals surface area contributed by atoms with Crippen LogP contribution in [0.2, 0.25) is 0 Å². The van der Waals surface area contributed by atoms with Crippen LogP contribution in [-0.4, -0.2) is 28.5 Å². The van der Waals surface area contributed by atoms with Crippen molar-refractivity contribution in [2.45, 2.75) is 116 Å². The van der Waals surface area contributed by atoms with Gasteiger partial charge in [-0.15, -0.1) is 0 Å². The van der Waals surface area contributed by atoms with Crippen molar-refractivity contribution in [2.24, 2.45) is 0 Å². The highest BCUT2D eigenvalue weighted by Crippen LogP contribution is 2.69. The van der Waals surface area contributed by atoms with Crippen molar-refractivity contribution in [3.8, 4) is 17.2 Å². The summed E-state index contributed by atoms with van der Waals surface area (Å²) in [5, 5.41) is 0. The minimum Gasteiger partial charge on any atom is -0.497 e. The van der Waals surface area contributed by atoms with Crippen molar-refractivity contribution in [1.82, 2.24) is 0 Å². The molecular weight excluding hydrogens is 1030 g/mol. The number of rotatable bonds is 3. The third-order valence-electron chi connectivity index (χ3n) is 16.6. The van der Waals surface area contributed by atoms with Crippen LogP contribution in [0.4, 0.5) is 38.5 Å². The number of benzene rings is 6. The van der Waals surface area contributed by atoms with Crippen molar-refractivity contribution in [3.05, 3.63) is 153 Å². The van der Waals surface area contributed by atoms with E-state index in [1.807, 2.05) is 0 Å². The van der Waals surface area contributed by atoms with Gasteiger partial charge in [0.15, 0.2) is 0 Å². The Kier molecular flexibility index (Phi) is 9.85. The Morgan fingerprint density at radius 2 is 0.478 bits per heavy atom. The molecule has 6 aliphatic heterocycles. The van der Waals surface area contributed by atoms with Gasteiger partial charge in [0.25, 0.3) is 0 Å². The van der Waals surface area contributed by atoms with E-state index in [9.17, 15) is 4.39 Å². The van der Waals surface area contributed by atoms with Crippen molar-refractivity contribution in [3.63, 3.8) is 0 Å². The zero-order valence-corrected chi connectivity index (χ0v) is 46.0. The molecule has 6 aliphatic rings. The SMILES string of the molecule is CC1(C)c2cc(Br)cc3c2N2c4c1cc(Br)cc4C(C)(C)c1cc(Br)cc(c12)C3(C)C.COc1cc2c3c(c1)C(C)(C)c1cc(OC)cc4c1N3c1c(cc(OC)cc1C4(C)C)C2(C)C.[2H]CF. The second kappa shape index (κ2) is 14.6. The summed E-state index contributed by atoms with van der Waals surface area (Å²) in [6, 6.07) is 27.4. The van der Waals surface area contributed by atoms with E-state index in [4.69, 9.17) is 15.6 Å². The molecule has 0 fully saturated rings. The maximum atomic E-state index is 9.96. The molecule has 0 bridgehead atoms. The van der Waals surface area contributed by atoms with Gasteiger partial charge in [0, 0.05) is 45.9 Å². The third-order valence-corrected chi connectivity index (χ3v) is 18.0. The molecule has 6 aromatic rings. The Morgan fingerprint density at radius 3 is 0.612 bits per heavy atom. The van der Waals surface area contributed by atoms with Gasteiger partial charge in [-0.05, 0) is 140 Å². The minimum absolute atomic E-state index is 0.102. The quantitative estimate of drug-likeness (QED) is 0.176. The lowest BCUT2D eigenvalue weighted by Crippen LogP contribution is -2.43. The van der Waals surface area contributed by atoms with Gasteiger partial charge in [0.2, 0.25) is 0 Å². The average molecular weight is 1090 g/mol. The molecule has 5 nitrogen and oxygen atoms in total. The molecule has 6 aromatic carbocycles. The van der Waals surface area contributed by atoms with Gasteiger partial charge in [-0.3, -0.25) is 4.39 Å². The molecule has 0 amide bonds. The van der Waals surface area contributed by atoms with E-state index < -0.39 is 7.15 Å². The fourth-order valence-electron chi connectivity index (χ4n) is 12.7. The maximum Gasteiger partial charge on any atom is 0.119 e. The summed E-state index contributed by atoms with van der Waals surface area (Å²) in [6.45, 7) is 28.2. The van der Waals surface area contributed by atoms with E-state index >= 15 is 0 Å². The molecule has 0 aliphatic carbocycles. The number of ether oxygens (including phenoxy) is 3. The molecule has 348 valence electrons. The van der Waals surface area contributed by atoms with Crippen molar-refractivity contribution in [2.75, 3.05) is 38.3 Å². The second-order valence-corrected chi connectivity index (χ2v) is 24.9. The van der Waals surface area contributed by atoms with Gasteiger partial charge in [-0.1, -0.05) is 131 Å². The first kappa shape index (κ1) is 45.2. The normalized spacial score (nSPS) is 19.0. The number of hydrogen-bond acceptors (Lipinski definition) is 5. The molecule has 12 rings (SSSR count). The van der Waals surface area contributed by atoms with Crippen LogP contribution in [0.3, 0.4) is 0 Å². The zero-order chi connectivity index (χ0) is 49.3. The van der Waals surface area contributed by atoms with E-state index in [1.54, 1.807) is 21.3 Å². The summed E-state index contributed by atoms with van der Waals surface area (Å²) in [7, 11) is 4.27. The average Bonchev–Trinajstić information content (AvgIpc) is 3.27. The van der Waals surface area contributed by atoms with Crippen LogP contribution in [0.5, 0.6) is 17.2 Å². The highest BCUT2D eigenvalue weighted by Gasteiger charge is 2.54. The molecule has 67 heavy (non-hydrogen) atoms. The van der Waals surface area contributed by atoms with Gasteiger partial charge in [-0.25, -0.2) is 0 Å². The van der Waals surface area contributed by atoms with Gasteiger partial charge in [0.05, 0.1) is 64.0 Å². The maximum absolute atomic E-state index is 9.96. The Balaban J connectivity index is 0.000000151. The summed E-state index contributed by atoms with van der Waals surface area (Å²) < 4.78 is 36.5. The summed E-state index contributed by atoms with van der Waals surface area (Å²) in [5.41, 5.74) is 23.1. The lowest BCUT2D eigenvalue weighted by molar-refractivity contribution is 0.405. The molecule has 0 saturated carbocycles. The molecule has 0 atom stereocenters. The Bertz CT molecular complexity index is 2710. The number of methoxy groups -OCH3 is 3. The molecule has 0 radical (unpaired) electrons. The van der Waals surface area contributed by atoms with Crippen LogP contribution in [0.1, 0.15) is 151 Å². The van der Waals surface area contributed by atoms with Crippen molar-refractivity contribution in [1.29, 1.82) is 0 Å². The lowest BCUT2D eigenvalue weighted by Gasteiger charge is -2.55. The summed E-state index contributed by atoms with van der Waals surface area (Å²) in [5.74, 6) is 2.68. The topological polar surface area (TPSA) is 34.2 Å². The minimum atomic E-state index is -1.00. The molecule has 0 N–H and O–H groups in total. The molecule has 0 aromatic heterocycles. The van der Waals surface area contributed by atoms with E-state index in [1.165, 1.54) is 101 Å². The largest absolute Gasteiger partial charge is 0.497 e. The van der Waals surface area contributed by atoms with Crippen LogP contribution >= 0.6 is 47.8 Å². The molecule has 9 heteroatoms. The van der Waals surface area contributed by atoms with Gasteiger partial charge in [-0.2, -0.15) is 0 Å². The highest BCUT2D eigenvalue weighted by molar-refractivity contribution is 9.11. The number of anilines is 6. The van der Waals surface area contributed by atoms with Crippen LogP contribution in [0.25, 0.3) is 0 Å². The highest BCUT2D eigenvalue weighted by atomic mass is 79.9. The molecule has 6 heterocycles. The molecule has 0 unspecified atom stereocenters. The Labute approximate surface area is 423 Å². The van der Waals surface area contributed by atoms with Gasteiger partial charge >= 0.3 is 0 Å². The first-order chi connectivity index (χ1) is 31.8. The number of alkyl halides is 1. The summed E-state index contributed by atoms with van der Waals surface area (Å²) in [4.78, 5) is 5.12. The predicted molar refractivity (Wildman–Crippen MR) is 285 cm³/mol. The van der Waals surface area contributed by atoms with Crippen molar-refractivity contribution >= 4 is 81.9 Å². The van der Waals surface area contributed by atoms with Gasteiger partial charge < -0.3 is 24.0 Å². The summed E-state index contributed by atoms with van der Waals surface area (Å²) in [6.07, 6.45) is 0. The zero-order valence-electron chi connectivity index (χ0n) is 42.3. The first-order valence-electron chi connectivity index (χ1n) is 23.6. The van der Waals surface area contributed by atoms with Crippen LogP contribution in [0, 0.1) is 0 Å². The van der Waals surface area contributed by atoms with Crippen molar-refractivity contribution < 1.29 is 20.0 Å². The van der Waals surface area contributed by atoms with Crippen LogP contribution in [0.15, 0.2) is 86.2 Å². The fourth-order valence-corrected chi connectivity index (χ4v) is 14.1. The lowest BCUT2D eigenvalue weighted by atomic mass is 9.60. The Morgan fingerprint density at radius 1 is 0.343 bits per heavy atom. The number of halogens is 4. The van der Waals surface area contributed by atoms with Gasteiger partial charge in [0.1, 0.15) is 17.2 Å². The molecular formula is C58H60Br3FN2O3. The standard InChI is InChI=1S/C30H33NO3.C27H24Br3N.CH3F/c1-28(2)19-10-16(32-7)12-21-25(19)31-26-20(28)11-17(33-8)13-22(26)30(5,6)24-15-18(34-9)14-23(27(24)31)29(21,3)4;1-25(2)16-7-13(28)9-18-22(16)31-23-17(25)8-14(29)10-19(23)27(5,6)21-12-15(30)11-20(24(21)31)26(18,3)4;1-2/h10-15H,1-9H3;7-12H,1-6H3;1H3/i;;1D. The fraction of sp³-hybridized carbons (Fsp3) is 0.379. The van der Waals surface area contributed by atoms with Crippen LogP contribution in [-0.2, 0) is 32.5 Å². The summed E-state index contributed by atoms with van der Waals surface area (Å²) >= 11 is 11.5. The van der Waals surface area contributed by atoms with E-state index in [0.29, 0.717) is 0 Å². The first-order valence-corrected chi connectivity index (χ1v) is 25.3. The smallest absolute Gasteiger partial charge is 0.119 e. The molecule has 0 saturated heterocycles. The molecule has 0 spiro atoms. The number of nitrogens with zero attached hydrogens (tertiary/aromatic N) is 2. The second-order valence-electron chi connectivity index (χ2n) is 22.2. The predicted octanol–water partition coefficient (Wildman–Crippen LogP) is 17.0. The van der Waals surface area contributed by atoms with E-state index in [2.05, 4.69) is 213 Å². The van der Waals surface area contributed by atoms with E-state index in [-0.39, 0.29) is 32.5 Å². The number of hydrogen-bond donors (Lipinski definition) is 0. The van der Waals surface area contributed by atoms with Crippen LogP contribution < -0.4 is 24.0 Å². The third kappa shape index (κ3) is 5.86. The Hall–Kier alpha value is -4.31. The van der Waals surface area contributed by atoms with E-state index in [0.717, 1.165) is 30.7 Å². The monoisotopic (exact) mass is 1090 g/mol.